The minimum atomic E-state index is 0.00407. The van der Waals surface area contributed by atoms with Crippen LogP contribution in [0.1, 0.15) is 32.8 Å². The van der Waals surface area contributed by atoms with Gasteiger partial charge in [-0.05, 0) is 31.4 Å². The lowest BCUT2D eigenvalue weighted by molar-refractivity contribution is 0.192. The molecule has 0 spiro atoms. The maximum atomic E-state index is 7.55. The highest BCUT2D eigenvalue weighted by Crippen LogP contribution is 2.26. The van der Waals surface area contributed by atoms with Crippen LogP contribution < -0.4 is 15.2 Å². The summed E-state index contributed by atoms with van der Waals surface area (Å²) in [4.78, 5) is 0. The van der Waals surface area contributed by atoms with E-state index in [4.69, 9.17) is 20.6 Å². The van der Waals surface area contributed by atoms with Crippen LogP contribution in [0.25, 0.3) is 0 Å². The van der Waals surface area contributed by atoms with Crippen molar-refractivity contribution in [3.63, 3.8) is 0 Å². The third kappa shape index (κ3) is 3.95. The molecule has 100 valence electrons. The van der Waals surface area contributed by atoms with E-state index in [-0.39, 0.29) is 11.9 Å². The lowest BCUT2D eigenvalue weighted by Crippen LogP contribution is -2.18. The molecule has 0 radical (unpaired) electrons. The van der Waals surface area contributed by atoms with Crippen molar-refractivity contribution in [1.82, 2.24) is 0 Å². The number of methoxy groups -OCH3 is 1. The zero-order chi connectivity index (χ0) is 13.7. The minimum absolute atomic E-state index is 0.00407. The van der Waals surface area contributed by atoms with Gasteiger partial charge in [-0.15, -0.1) is 0 Å². The monoisotopic (exact) mass is 250 g/mol. The first kappa shape index (κ1) is 14.4. The lowest BCUT2D eigenvalue weighted by Gasteiger charge is -2.19. The molecule has 1 rings (SSSR count). The zero-order valence-electron chi connectivity index (χ0n) is 11.5. The molecule has 0 saturated heterocycles. The SMILES string of the molecule is COc1ccc(C(=N)N)c(OC(C)CC(C)C)c1. The van der Waals surface area contributed by atoms with Crippen LogP contribution in [0.2, 0.25) is 0 Å². The van der Waals surface area contributed by atoms with E-state index in [9.17, 15) is 0 Å². The van der Waals surface area contributed by atoms with Crippen molar-refractivity contribution < 1.29 is 9.47 Å². The van der Waals surface area contributed by atoms with E-state index >= 15 is 0 Å². The first-order chi connectivity index (χ1) is 8.43. The molecule has 0 aliphatic heterocycles. The zero-order valence-corrected chi connectivity index (χ0v) is 11.5. The molecule has 4 nitrogen and oxygen atoms in total. The summed E-state index contributed by atoms with van der Waals surface area (Å²) in [5, 5.41) is 7.55. The third-order valence-corrected chi connectivity index (χ3v) is 2.61. The lowest BCUT2D eigenvalue weighted by atomic mass is 10.1. The molecule has 0 heterocycles. The number of hydrogen-bond donors (Lipinski definition) is 2. The summed E-state index contributed by atoms with van der Waals surface area (Å²) in [6.45, 7) is 6.32. The van der Waals surface area contributed by atoms with Crippen LogP contribution in [0.4, 0.5) is 0 Å². The maximum Gasteiger partial charge on any atom is 0.134 e. The molecule has 0 amide bonds. The molecule has 0 aliphatic rings. The highest BCUT2D eigenvalue weighted by molar-refractivity contribution is 5.97. The molecular formula is C14H22N2O2. The van der Waals surface area contributed by atoms with Gasteiger partial charge >= 0.3 is 0 Å². The van der Waals surface area contributed by atoms with E-state index < -0.39 is 0 Å². The fourth-order valence-electron chi connectivity index (χ4n) is 1.88. The second-order valence-electron chi connectivity index (χ2n) is 4.83. The van der Waals surface area contributed by atoms with Crippen LogP contribution >= 0.6 is 0 Å². The Labute approximate surface area is 109 Å². The molecule has 0 aromatic heterocycles. The Hall–Kier alpha value is -1.71. The largest absolute Gasteiger partial charge is 0.497 e. The smallest absolute Gasteiger partial charge is 0.134 e. The van der Waals surface area contributed by atoms with Gasteiger partial charge in [-0.2, -0.15) is 0 Å². The fourth-order valence-corrected chi connectivity index (χ4v) is 1.88. The van der Waals surface area contributed by atoms with E-state index in [1.165, 1.54) is 0 Å². The van der Waals surface area contributed by atoms with Crippen LogP contribution in [-0.4, -0.2) is 19.0 Å². The minimum Gasteiger partial charge on any atom is -0.497 e. The molecule has 1 atom stereocenters. The molecule has 3 N–H and O–H groups in total. The number of hydrogen-bond acceptors (Lipinski definition) is 3. The van der Waals surface area contributed by atoms with Crippen molar-refractivity contribution in [3.8, 4) is 11.5 Å². The van der Waals surface area contributed by atoms with Crippen molar-refractivity contribution in [2.75, 3.05) is 7.11 Å². The summed E-state index contributed by atoms with van der Waals surface area (Å²) in [6, 6.07) is 5.29. The van der Waals surface area contributed by atoms with Crippen LogP contribution in [0.5, 0.6) is 11.5 Å². The van der Waals surface area contributed by atoms with Gasteiger partial charge in [-0.25, -0.2) is 0 Å². The normalized spacial score (nSPS) is 12.3. The number of rotatable bonds is 6. The molecule has 0 bridgehead atoms. The molecule has 0 aliphatic carbocycles. The van der Waals surface area contributed by atoms with Crippen LogP contribution in [0, 0.1) is 11.3 Å². The topological polar surface area (TPSA) is 68.3 Å². The molecule has 1 aromatic rings. The summed E-state index contributed by atoms with van der Waals surface area (Å²) in [7, 11) is 1.60. The molecule has 18 heavy (non-hydrogen) atoms. The number of nitrogens with two attached hydrogens (primary N) is 1. The molecular weight excluding hydrogens is 228 g/mol. The standard InChI is InChI=1S/C14H22N2O2/c1-9(2)7-10(3)18-13-8-11(17-4)5-6-12(13)14(15)16/h5-6,8-10H,7H2,1-4H3,(H3,15,16). The van der Waals surface area contributed by atoms with E-state index in [0.29, 0.717) is 23.0 Å². The predicted molar refractivity (Wildman–Crippen MR) is 73.6 cm³/mol. The van der Waals surface area contributed by atoms with Gasteiger partial charge in [0.05, 0.1) is 18.8 Å². The van der Waals surface area contributed by atoms with Crippen molar-refractivity contribution >= 4 is 5.84 Å². The van der Waals surface area contributed by atoms with Crippen molar-refractivity contribution in [2.24, 2.45) is 11.7 Å². The van der Waals surface area contributed by atoms with Crippen LogP contribution in [-0.2, 0) is 0 Å². The fraction of sp³-hybridized carbons (Fsp3) is 0.500. The third-order valence-electron chi connectivity index (χ3n) is 2.61. The first-order valence-electron chi connectivity index (χ1n) is 6.13. The van der Waals surface area contributed by atoms with Gasteiger partial charge in [0.15, 0.2) is 0 Å². The number of amidine groups is 1. The Bertz CT molecular complexity index is 416. The molecule has 4 heteroatoms. The summed E-state index contributed by atoms with van der Waals surface area (Å²) in [5.74, 6) is 1.87. The van der Waals surface area contributed by atoms with Gasteiger partial charge in [0.2, 0.25) is 0 Å². The molecule has 1 aromatic carbocycles. The van der Waals surface area contributed by atoms with Crippen molar-refractivity contribution in [3.05, 3.63) is 23.8 Å². The Balaban J connectivity index is 2.93. The van der Waals surface area contributed by atoms with E-state index in [2.05, 4.69) is 13.8 Å². The highest BCUT2D eigenvalue weighted by Gasteiger charge is 2.13. The van der Waals surface area contributed by atoms with Gasteiger partial charge < -0.3 is 15.2 Å². The van der Waals surface area contributed by atoms with Gasteiger partial charge in [0.25, 0.3) is 0 Å². The summed E-state index contributed by atoms with van der Waals surface area (Å²) < 4.78 is 11.0. The molecule has 1 unspecified atom stereocenters. The summed E-state index contributed by atoms with van der Waals surface area (Å²) in [5.41, 5.74) is 6.15. The van der Waals surface area contributed by atoms with Gasteiger partial charge in [0, 0.05) is 6.07 Å². The number of benzene rings is 1. The Kier molecular flexibility index (Phi) is 5.01. The summed E-state index contributed by atoms with van der Waals surface area (Å²) in [6.07, 6.45) is 1.03. The Morgan fingerprint density at radius 1 is 1.33 bits per heavy atom. The van der Waals surface area contributed by atoms with Gasteiger partial charge in [-0.1, -0.05) is 13.8 Å². The molecule has 0 saturated carbocycles. The highest BCUT2D eigenvalue weighted by atomic mass is 16.5. The second kappa shape index (κ2) is 6.28. The van der Waals surface area contributed by atoms with Crippen LogP contribution in [0.3, 0.4) is 0 Å². The Morgan fingerprint density at radius 3 is 2.50 bits per heavy atom. The van der Waals surface area contributed by atoms with E-state index in [1.54, 1.807) is 25.3 Å². The van der Waals surface area contributed by atoms with Gasteiger partial charge in [0.1, 0.15) is 17.3 Å². The average molecular weight is 250 g/mol. The number of nitrogens with one attached hydrogen (secondary N) is 1. The van der Waals surface area contributed by atoms with Crippen molar-refractivity contribution in [2.45, 2.75) is 33.3 Å². The van der Waals surface area contributed by atoms with E-state index in [1.807, 2.05) is 6.92 Å². The first-order valence-corrected chi connectivity index (χ1v) is 6.13. The number of ether oxygens (including phenoxy) is 2. The second-order valence-corrected chi connectivity index (χ2v) is 4.83. The maximum absolute atomic E-state index is 7.55. The van der Waals surface area contributed by atoms with Crippen molar-refractivity contribution in [1.29, 1.82) is 5.41 Å². The summed E-state index contributed by atoms with van der Waals surface area (Å²) >= 11 is 0. The number of nitrogen functional groups attached to an aromatic ring is 1. The Morgan fingerprint density at radius 2 is 2.00 bits per heavy atom. The van der Waals surface area contributed by atoms with Crippen LogP contribution in [0.15, 0.2) is 18.2 Å². The average Bonchev–Trinajstić information content (AvgIpc) is 2.27. The quantitative estimate of drug-likeness (QED) is 0.602. The predicted octanol–water partition coefficient (Wildman–Crippen LogP) is 2.79. The molecule has 0 fully saturated rings. The van der Waals surface area contributed by atoms with E-state index in [0.717, 1.165) is 6.42 Å². The van der Waals surface area contributed by atoms with Gasteiger partial charge in [-0.3, -0.25) is 5.41 Å².